The maximum atomic E-state index is 12.9. The van der Waals surface area contributed by atoms with Gasteiger partial charge >= 0.3 is 0 Å². The number of nitrogens with two attached hydrogens (primary N) is 1. The number of ketones is 1. The van der Waals surface area contributed by atoms with Crippen LogP contribution >= 0.6 is 15.9 Å². The molecule has 3 rings (SSSR count). The van der Waals surface area contributed by atoms with Crippen molar-refractivity contribution in [1.29, 1.82) is 0 Å². The quantitative estimate of drug-likeness (QED) is 0.707. The summed E-state index contributed by atoms with van der Waals surface area (Å²) in [4.78, 5) is 17.3. The average molecular weight is 429 g/mol. The van der Waals surface area contributed by atoms with Crippen molar-refractivity contribution in [3.05, 3.63) is 81.5 Å². The molecule has 2 unspecified atom stereocenters. The van der Waals surface area contributed by atoms with Crippen LogP contribution in [0.5, 0.6) is 0 Å². The lowest BCUT2D eigenvalue weighted by Crippen LogP contribution is -2.32. The zero-order valence-corrected chi connectivity index (χ0v) is 16.3. The largest absolute Gasteiger partial charge is 0.382 e. The predicted molar refractivity (Wildman–Crippen MR) is 108 cm³/mol. The van der Waals surface area contributed by atoms with Gasteiger partial charge in [-0.05, 0) is 36.2 Å². The van der Waals surface area contributed by atoms with Gasteiger partial charge < -0.3 is 15.6 Å². The molecule has 3 N–H and O–H groups in total. The van der Waals surface area contributed by atoms with Gasteiger partial charge in [0, 0.05) is 16.3 Å². The summed E-state index contributed by atoms with van der Waals surface area (Å²) in [6.45, 7) is 0.597. The number of benzene rings is 2. The van der Waals surface area contributed by atoms with Gasteiger partial charge in [-0.1, -0.05) is 58.4 Å². The molecule has 1 aliphatic rings. The molecule has 5 nitrogen and oxygen atoms in total. The molecule has 0 amide bonds. The molecule has 27 heavy (non-hydrogen) atoms. The molecule has 0 radical (unpaired) electrons. The number of rotatable bonds is 7. The third kappa shape index (κ3) is 4.78. The summed E-state index contributed by atoms with van der Waals surface area (Å²) in [5.74, 6) is -0.199. The van der Waals surface area contributed by atoms with Crippen LogP contribution in [-0.4, -0.2) is 29.8 Å². The first-order valence-electron chi connectivity index (χ1n) is 8.70. The molecule has 6 heteroatoms. The van der Waals surface area contributed by atoms with Crippen molar-refractivity contribution in [2.24, 2.45) is 10.7 Å². The Morgan fingerprint density at radius 2 is 1.96 bits per heavy atom. The third-order valence-corrected chi connectivity index (χ3v) is 4.80. The minimum atomic E-state index is -1.00. The van der Waals surface area contributed by atoms with Gasteiger partial charge in [-0.15, -0.1) is 0 Å². The van der Waals surface area contributed by atoms with Crippen molar-refractivity contribution in [1.82, 2.24) is 0 Å². The fourth-order valence-electron chi connectivity index (χ4n) is 2.94. The third-order valence-electron chi connectivity index (χ3n) is 4.30. The van der Waals surface area contributed by atoms with Crippen LogP contribution in [0.25, 0.3) is 0 Å². The second-order valence-corrected chi connectivity index (χ2v) is 7.14. The Labute approximate surface area is 166 Å². The van der Waals surface area contributed by atoms with Crippen LogP contribution in [0.2, 0.25) is 0 Å². The highest BCUT2D eigenvalue weighted by molar-refractivity contribution is 9.10. The summed E-state index contributed by atoms with van der Waals surface area (Å²) < 4.78 is 6.59. The van der Waals surface area contributed by atoms with Crippen molar-refractivity contribution in [3.63, 3.8) is 0 Å². The van der Waals surface area contributed by atoms with Crippen LogP contribution in [-0.2, 0) is 16.1 Å². The van der Waals surface area contributed by atoms with Gasteiger partial charge in [-0.25, -0.2) is 0 Å². The normalized spacial score (nSPS) is 18.0. The number of Topliss-reactive ketones (excluding diaryl/α,β-unsaturated/α-hetero) is 1. The lowest BCUT2D eigenvalue weighted by Gasteiger charge is -2.23. The Balaban J connectivity index is 1.80. The highest BCUT2D eigenvalue weighted by atomic mass is 79.9. The number of aliphatic hydroxyl groups excluding tert-OH is 1. The molecule has 0 bridgehead atoms. The van der Waals surface area contributed by atoms with Crippen LogP contribution in [0.15, 0.2) is 75.3 Å². The van der Waals surface area contributed by atoms with E-state index in [4.69, 9.17) is 10.5 Å². The molecule has 0 spiro atoms. The molecule has 1 aliphatic heterocycles. The molecule has 2 atom stereocenters. The molecule has 2 aromatic carbocycles. The van der Waals surface area contributed by atoms with E-state index in [0.717, 1.165) is 10.0 Å². The highest BCUT2D eigenvalue weighted by Crippen LogP contribution is 2.31. The summed E-state index contributed by atoms with van der Waals surface area (Å²) >= 11 is 3.39. The van der Waals surface area contributed by atoms with Crippen molar-refractivity contribution in [2.45, 2.75) is 25.2 Å². The standard InChI is InChI=1S/C21H21BrN2O3/c22-16-8-4-7-15(11-16)20(25)19-17(9-10-23)21(26)18(12-24-19)27-13-14-5-2-1-3-6-14/h1-8,11-12,18,20,25H,9-10,13,23H2. The number of nitrogens with zero attached hydrogens (tertiary/aromatic N) is 1. The van der Waals surface area contributed by atoms with Gasteiger partial charge in [0.05, 0.1) is 12.3 Å². The summed E-state index contributed by atoms with van der Waals surface area (Å²) in [5, 5.41) is 10.8. The van der Waals surface area contributed by atoms with Crippen LogP contribution < -0.4 is 5.73 Å². The number of hydrogen-bond donors (Lipinski definition) is 2. The second-order valence-electron chi connectivity index (χ2n) is 6.22. The monoisotopic (exact) mass is 428 g/mol. The van der Waals surface area contributed by atoms with E-state index in [9.17, 15) is 9.90 Å². The van der Waals surface area contributed by atoms with Crippen molar-refractivity contribution < 1.29 is 14.6 Å². The summed E-state index contributed by atoms with van der Waals surface area (Å²) in [6, 6.07) is 16.9. The Morgan fingerprint density at radius 3 is 2.67 bits per heavy atom. The lowest BCUT2D eigenvalue weighted by molar-refractivity contribution is -0.123. The van der Waals surface area contributed by atoms with Gasteiger partial charge in [-0.3, -0.25) is 9.79 Å². The van der Waals surface area contributed by atoms with Crippen LogP contribution in [0.1, 0.15) is 23.7 Å². The van der Waals surface area contributed by atoms with E-state index in [1.165, 1.54) is 6.21 Å². The van der Waals surface area contributed by atoms with E-state index in [1.54, 1.807) is 12.1 Å². The zero-order chi connectivity index (χ0) is 19.2. The molecular formula is C21H21BrN2O3. The number of ether oxygens (including phenoxy) is 1. The van der Waals surface area contributed by atoms with E-state index in [1.807, 2.05) is 42.5 Å². The molecule has 1 heterocycles. The number of aliphatic imine (C=N–C) groups is 1. The molecule has 0 aromatic heterocycles. The first kappa shape index (κ1) is 19.6. The van der Waals surface area contributed by atoms with Crippen molar-refractivity contribution >= 4 is 27.9 Å². The summed E-state index contributed by atoms with van der Waals surface area (Å²) in [6.07, 6.45) is 0.0217. The molecule has 0 saturated heterocycles. The fraction of sp³-hybridized carbons (Fsp3) is 0.238. The predicted octanol–water partition coefficient (Wildman–Crippen LogP) is 3.32. The Morgan fingerprint density at radius 1 is 1.19 bits per heavy atom. The maximum absolute atomic E-state index is 12.9. The minimum absolute atomic E-state index is 0.199. The number of carbonyl (C=O) groups is 1. The molecular weight excluding hydrogens is 408 g/mol. The van der Waals surface area contributed by atoms with Crippen molar-refractivity contribution in [3.8, 4) is 0 Å². The van der Waals surface area contributed by atoms with Crippen molar-refractivity contribution in [2.75, 3.05) is 6.54 Å². The SMILES string of the molecule is NCCC1=C(C(O)c2cccc(Br)c2)N=CC(OCc2ccccc2)C1=O. The van der Waals surface area contributed by atoms with Gasteiger partial charge in [0.2, 0.25) is 0 Å². The van der Waals surface area contributed by atoms with Gasteiger partial charge in [-0.2, -0.15) is 0 Å². The summed E-state index contributed by atoms with van der Waals surface area (Å²) in [5.41, 5.74) is 8.08. The number of hydrogen-bond acceptors (Lipinski definition) is 5. The zero-order valence-electron chi connectivity index (χ0n) is 14.7. The van der Waals surface area contributed by atoms with Crippen LogP contribution in [0, 0.1) is 0 Å². The maximum Gasteiger partial charge on any atom is 0.195 e. The minimum Gasteiger partial charge on any atom is -0.382 e. The van der Waals surface area contributed by atoms with Crippen LogP contribution in [0.3, 0.4) is 0 Å². The van der Waals surface area contributed by atoms with Crippen LogP contribution in [0.4, 0.5) is 0 Å². The second kappa shape index (κ2) is 9.19. The van der Waals surface area contributed by atoms with E-state index < -0.39 is 12.2 Å². The fourth-order valence-corrected chi connectivity index (χ4v) is 3.35. The summed E-state index contributed by atoms with van der Waals surface area (Å²) in [7, 11) is 0. The Bertz CT molecular complexity index is 865. The van der Waals surface area contributed by atoms with E-state index >= 15 is 0 Å². The van der Waals surface area contributed by atoms with Gasteiger partial charge in [0.15, 0.2) is 11.9 Å². The molecule has 0 fully saturated rings. The average Bonchev–Trinajstić information content (AvgIpc) is 2.69. The van der Waals surface area contributed by atoms with E-state index in [2.05, 4.69) is 20.9 Å². The topological polar surface area (TPSA) is 84.9 Å². The molecule has 0 aliphatic carbocycles. The molecule has 140 valence electrons. The van der Waals surface area contributed by atoms with Gasteiger partial charge in [0.25, 0.3) is 0 Å². The molecule has 2 aromatic rings. The Kier molecular flexibility index (Phi) is 6.68. The molecule has 0 saturated carbocycles. The van der Waals surface area contributed by atoms with Gasteiger partial charge in [0.1, 0.15) is 6.10 Å². The smallest absolute Gasteiger partial charge is 0.195 e. The highest BCUT2D eigenvalue weighted by Gasteiger charge is 2.30. The Hall–Kier alpha value is -2.12. The van der Waals surface area contributed by atoms with E-state index in [-0.39, 0.29) is 12.3 Å². The van der Waals surface area contributed by atoms with E-state index in [0.29, 0.717) is 29.9 Å². The number of carbonyl (C=O) groups excluding carboxylic acids is 1. The number of halogens is 1. The number of aliphatic hydroxyl groups is 1. The first-order valence-corrected chi connectivity index (χ1v) is 9.50. The lowest BCUT2D eigenvalue weighted by atomic mass is 9.94. The first-order chi connectivity index (χ1) is 13.1.